The molecule has 0 aromatic heterocycles. The Bertz CT molecular complexity index is 2340. The Kier molecular flexibility index (Phi) is 11.9. The van der Waals surface area contributed by atoms with Crippen LogP contribution in [0.2, 0.25) is 0 Å². The number of rotatable bonds is 3. The van der Waals surface area contributed by atoms with E-state index < -0.39 is 0 Å². The van der Waals surface area contributed by atoms with Crippen molar-refractivity contribution >= 4 is 10.8 Å². The van der Waals surface area contributed by atoms with Crippen LogP contribution in [0, 0.1) is 20.8 Å². The molecule has 0 bridgehead atoms. The average Bonchev–Trinajstić information content (AvgIpc) is 3.58. The van der Waals surface area contributed by atoms with Crippen molar-refractivity contribution in [3.63, 3.8) is 0 Å². The van der Waals surface area contributed by atoms with E-state index >= 15 is 0 Å². The van der Waals surface area contributed by atoms with Crippen molar-refractivity contribution in [1.82, 2.24) is 0 Å². The van der Waals surface area contributed by atoms with E-state index in [1.54, 1.807) is 0 Å². The van der Waals surface area contributed by atoms with Crippen molar-refractivity contribution in [2.45, 2.75) is 41.0 Å². The lowest BCUT2D eigenvalue weighted by Crippen LogP contribution is -1.84. The Morgan fingerprint density at radius 2 is 0.788 bits per heavy atom. The summed E-state index contributed by atoms with van der Waals surface area (Å²) in [4.78, 5) is 0. The summed E-state index contributed by atoms with van der Waals surface area (Å²) < 4.78 is 0. The molecule has 0 nitrogen and oxygen atoms in total. The molecule has 0 saturated carbocycles. The third-order valence-corrected chi connectivity index (χ3v) is 9.54. The van der Waals surface area contributed by atoms with Crippen molar-refractivity contribution in [1.29, 1.82) is 0 Å². The van der Waals surface area contributed by atoms with E-state index in [9.17, 15) is 0 Å². The number of hydrogen-bond donors (Lipinski definition) is 0. The van der Waals surface area contributed by atoms with Gasteiger partial charge in [-0.05, 0) is 105 Å². The minimum Gasteiger partial charge on any atom is -0.0683 e. The molecule has 0 radical (unpaired) electrons. The number of benzene rings is 8. The Labute approximate surface area is 311 Å². The Morgan fingerprint density at radius 1 is 0.327 bits per heavy atom. The highest BCUT2D eigenvalue weighted by atomic mass is 14.2. The molecule has 0 N–H and O–H groups in total. The summed E-state index contributed by atoms with van der Waals surface area (Å²) in [6.07, 6.45) is 1.06. The number of aryl methyl sites for hydroxylation is 3. The molecule has 0 heterocycles. The van der Waals surface area contributed by atoms with Gasteiger partial charge in [0.1, 0.15) is 0 Å². The topological polar surface area (TPSA) is 0 Å². The van der Waals surface area contributed by atoms with Gasteiger partial charge in [-0.3, -0.25) is 0 Å². The van der Waals surface area contributed by atoms with Crippen LogP contribution in [0.25, 0.3) is 55.3 Å². The van der Waals surface area contributed by atoms with E-state index in [1.165, 1.54) is 83.1 Å². The van der Waals surface area contributed by atoms with Crippen LogP contribution in [0.4, 0.5) is 0 Å². The first-order valence-corrected chi connectivity index (χ1v) is 18.5. The highest BCUT2D eigenvalue weighted by Crippen LogP contribution is 2.38. The van der Waals surface area contributed by atoms with E-state index in [0.717, 1.165) is 6.42 Å². The van der Waals surface area contributed by atoms with Crippen molar-refractivity contribution in [2.75, 3.05) is 0 Å². The van der Waals surface area contributed by atoms with E-state index in [4.69, 9.17) is 0 Å². The predicted molar refractivity (Wildman–Crippen MR) is 227 cm³/mol. The molecule has 52 heavy (non-hydrogen) atoms. The molecule has 0 aliphatic heterocycles. The fraction of sp³-hybridized carbons (Fsp3) is 0.115. The monoisotopic (exact) mass is 672 g/mol. The first kappa shape index (κ1) is 35.8. The summed E-state index contributed by atoms with van der Waals surface area (Å²) in [6.45, 7) is 10.4. The van der Waals surface area contributed by atoms with Crippen LogP contribution in [0.5, 0.6) is 0 Å². The summed E-state index contributed by atoms with van der Waals surface area (Å²) in [6, 6.07) is 67.1. The van der Waals surface area contributed by atoms with Crippen molar-refractivity contribution in [3.05, 3.63) is 216 Å². The molecule has 0 heteroatoms. The molecule has 0 atom stereocenters. The fourth-order valence-corrected chi connectivity index (χ4v) is 6.71. The first-order valence-electron chi connectivity index (χ1n) is 18.5. The average molecular weight is 673 g/mol. The van der Waals surface area contributed by atoms with Gasteiger partial charge in [-0.15, -0.1) is 0 Å². The first-order chi connectivity index (χ1) is 25.5. The second-order valence-electron chi connectivity index (χ2n) is 13.2. The Morgan fingerprint density at radius 3 is 1.44 bits per heavy atom. The lowest BCUT2D eigenvalue weighted by atomic mass is 9.98. The Balaban J connectivity index is 0.000000136. The summed E-state index contributed by atoms with van der Waals surface area (Å²) in [7, 11) is 0. The summed E-state index contributed by atoms with van der Waals surface area (Å²) in [5.74, 6) is 0. The van der Waals surface area contributed by atoms with E-state index in [-0.39, 0.29) is 0 Å². The Hall–Kier alpha value is -5.98. The molecule has 8 aromatic carbocycles. The highest BCUT2D eigenvalue weighted by molar-refractivity contribution is 5.85. The second kappa shape index (κ2) is 17.3. The van der Waals surface area contributed by atoms with Gasteiger partial charge < -0.3 is 0 Å². The predicted octanol–water partition coefficient (Wildman–Crippen LogP) is 14.7. The van der Waals surface area contributed by atoms with Crippen LogP contribution < -0.4 is 0 Å². The van der Waals surface area contributed by atoms with Crippen LogP contribution in [0.15, 0.2) is 188 Å². The number of hydrogen-bond acceptors (Lipinski definition) is 0. The normalized spacial score (nSPS) is 10.7. The van der Waals surface area contributed by atoms with Crippen LogP contribution in [-0.2, 0) is 6.42 Å². The zero-order valence-electron chi connectivity index (χ0n) is 31.1. The molecule has 256 valence electrons. The molecule has 0 fully saturated rings. The van der Waals surface area contributed by atoms with Gasteiger partial charge >= 0.3 is 0 Å². The standard InChI is InChI=1S/C20H16.C19H16.C11H10.C2H6/c1-14-6-8-15(9-7-14)16-10-11-20-18(12-16)13-17-4-2-3-5-19(17)20;1-15-10-12-17(13-11-15)19-9-5-8-18(14-19)16-6-3-2-4-7-16;1-9-5-4-7-10-6-2-3-8-11(9)10;1-2/h2-12H,13H2,1H3;2-14H,1H3;2-8H,1H3;1-2H3. The summed E-state index contributed by atoms with van der Waals surface area (Å²) >= 11 is 0. The molecule has 0 amide bonds. The van der Waals surface area contributed by atoms with Crippen LogP contribution in [-0.4, -0.2) is 0 Å². The molecular weight excluding hydrogens is 625 g/mol. The summed E-state index contributed by atoms with van der Waals surface area (Å²) in [5.41, 5.74) is 17.3. The van der Waals surface area contributed by atoms with Gasteiger partial charge in [-0.1, -0.05) is 207 Å². The maximum absolute atomic E-state index is 2.35. The molecule has 9 rings (SSSR count). The van der Waals surface area contributed by atoms with Gasteiger partial charge in [0.2, 0.25) is 0 Å². The SMILES string of the molecule is CC.Cc1ccc(-c2ccc3c(c2)Cc2ccccc2-3)cc1.Cc1ccc(-c2cccc(-c3ccccc3)c2)cc1.Cc1cccc2ccccc12. The lowest BCUT2D eigenvalue weighted by molar-refractivity contribution is 1.26. The molecule has 8 aromatic rings. The second-order valence-corrected chi connectivity index (χ2v) is 13.2. The van der Waals surface area contributed by atoms with E-state index in [2.05, 4.69) is 203 Å². The van der Waals surface area contributed by atoms with Gasteiger partial charge in [0.25, 0.3) is 0 Å². The third-order valence-electron chi connectivity index (χ3n) is 9.54. The minimum atomic E-state index is 1.06. The van der Waals surface area contributed by atoms with Gasteiger partial charge in [-0.2, -0.15) is 0 Å². The smallest absolute Gasteiger partial charge is 0.00132 e. The highest BCUT2D eigenvalue weighted by Gasteiger charge is 2.18. The van der Waals surface area contributed by atoms with Crippen molar-refractivity contribution < 1.29 is 0 Å². The molecule has 0 unspecified atom stereocenters. The maximum Gasteiger partial charge on any atom is -0.00132 e. The molecule has 1 aliphatic carbocycles. The van der Waals surface area contributed by atoms with Gasteiger partial charge in [0.05, 0.1) is 0 Å². The van der Waals surface area contributed by atoms with Crippen molar-refractivity contribution in [2.24, 2.45) is 0 Å². The molecule has 1 aliphatic rings. The summed E-state index contributed by atoms with van der Waals surface area (Å²) in [5, 5.41) is 2.68. The van der Waals surface area contributed by atoms with Gasteiger partial charge in [0.15, 0.2) is 0 Å². The zero-order chi connectivity index (χ0) is 36.3. The van der Waals surface area contributed by atoms with Crippen molar-refractivity contribution in [3.8, 4) is 44.5 Å². The fourth-order valence-electron chi connectivity index (χ4n) is 6.71. The molecule has 0 spiro atoms. The lowest BCUT2D eigenvalue weighted by Gasteiger charge is -2.06. The van der Waals surface area contributed by atoms with E-state index in [1.807, 2.05) is 19.9 Å². The molecular formula is C52H48. The van der Waals surface area contributed by atoms with Gasteiger partial charge in [-0.25, -0.2) is 0 Å². The van der Waals surface area contributed by atoms with Crippen LogP contribution >= 0.6 is 0 Å². The maximum atomic E-state index is 2.35. The molecule has 0 saturated heterocycles. The largest absolute Gasteiger partial charge is 0.0683 e. The van der Waals surface area contributed by atoms with Crippen LogP contribution in [0.1, 0.15) is 41.7 Å². The third kappa shape index (κ3) is 8.66. The minimum absolute atomic E-state index is 1.06. The number of fused-ring (bicyclic) bond motifs is 4. The zero-order valence-corrected chi connectivity index (χ0v) is 31.1. The van der Waals surface area contributed by atoms with Gasteiger partial charge in [0, 0.05) is 0 Å². The quantitative estimate of drug-likeness (QED) is 0.175. The van der Waals surface area contributed by atoms with E-state index in [0.29, 0.717) is 0 Å². The van der Waals surface area contributed by atoms with Crippen LogP contribution in [0.3, 0.4) is 0 Å².